The fourth-order valence-electron chi connectivity index (χ4n) is 4.58. The minimum Gasteiger partial charge on any atom is -0.462 e. The van der Waals surface area contributed by atoms with Crippen LogP contribution in [0.3, 0.4) is 0 Å². The summed E-state index contributed by atoms with van der Waals surface area (Å²) in [5.74, 6) is -0.701. The van der Waals surface area contributed by atoms with Crippen LogP contribution in [0.4, 0.5) is 10.7 Å². The predicted molar refractivity (Wildman–Crippen MR) is 125 cm³/mol. The number of nitrogens with zero attached hydrogens (tertiary/aromatic N) is 2. The first-order chi connectivity index (χ1) is 15.8. The monoisotopic (exact) mass is 469 g/mol. The molecule has 1 aromatic heterocycles. The second-order valence-electron chi connectivity index (χ2n) is 8.42. The van der Waals surface area contributed by atoms with Gasteiger partial charge in [0.25, 0.3) is 5.91 Å². The van der Waals surface area contributed by atoms with Gasteiger partial charge >= 0.3 is 5.97 Å². The van der Waals surface area contributed by atoms with Crippen LogP contribution in [0.25, 0.3) is 0 Å². The van der Waals surface area contributed by atoms with E-state index in [1.54, 1.807) is 41.8 Å². The smallest absolute Gasteiger partial charge is 0.348 e. The highest BCUT2D eigenvalue weighted by molar-refractivity contribution is 7.18. The van der Waals surface area contributed by atoms with Crippen molar-refractivity contribution in [2.45, 2.75) is 52.1 Å². The number of aryl methyl sites for hydroxylation is 1. The zero-order chi connectivity index (χ0) is 23.8. The van der Waals surface area contributed by atoms with E-state index in [9.17, 15) is 19.2 Å². The maximum absolute atomic E-state index is 13.2. The number of rotatable bonds is 7. The third-order valence-corrected chi connectivity index (χ3v) is 7.30. The molecule has 0 bridgehead atoms. The van der Waals surface area contributed by atoms with Crippen LogP contribution in [0.15, 0.2) is 30.3 Å². The Bertz CT molecular complexity index is 1130. The van der Waals surface area contributed by atoms with Gasteiger partial charge in [0.1, 0.15) is 10.5 Å². The largest absolute Gasteiger partial charge is 0.462 e. The molecule has 3 amide bonds. The van der Waals surface area contributed by atoms with Gasteiger partial charge in [0.05, 0.1) is 22.9 Å². The first-order valence-corrected chi connectivity index (χ1v) is 11.9. The van der Waals surface area contributed by atoms with Gasteiger partial charge in [-0.15, -0.1) is 11.3 Å². The van der Waals surface area contributed by atoms with Crippen molar-refractivity contribution >= 4 is 45.7 Å². The molecule has 0 saturated carbocycles. The highest BCUT2D eigenvalue weighted by atomic mass is 32.1. The standard InChI is InChI=1S/C24H27N3O5S/c1-4-32-23(31)21-15(2)14-19(33-21)25-18(28)10-7-13-26-22(30)16-8-5-6-9-17(16)27-20(29)11-12-24(26,27)3/h5-6,8-9,14H,4,7,10-13H2,1-3H3,(H,25,28). The van der Waals surface area contributed by atoms with Crippen LogP contribution >= 0.6 is 11.3 Å². The SMILES string of the molecule is CCOC(=O)c1sc(NC(=O)CCCN2C(=O)c3ccccc3N3C(=O)CCC23C)cc1C. The Morgan fingerprint density at radius 3 is 2.76 bits per heavy atom. The summed E-state index contributed by atoms with van der Waals surface area (Å²) in [5.41, 5.74) is 1.20. The van der Waals surface area contributed by atoms with E-state index < -0.39 is 11.6 Å². The van der Waals surface area contributed by atoms with Crippen LogP contribution in [-0.4, -0.2) is 47.4 Å². The van der Waals surface area contributed by atoms with Gasteiger partial charge in [-0.1, -0.05) is 12.1 Å². The minimum atomic E-state index is -0.724. The van der Waals surface area contributed by atoms with Gasteiger partial charge in [0.2, 0.25) is 11.8 Å². The van der Waals surface area contributed by atoms with Crippen molar-refractivity contribution < 1.29 is 23.9 Å². The Kier molecular flexibility index (Phi) is 6.25. The number of benzene rings is 1. The number of amides is 3. The quantitative estimate of drug-likeness (QED) is 0.620. The molecule has 1 saturated heterocycles. The number of carbonyl (C=O) groups is 4. The first kappa shape index (κ1) is 23.0. The molecule has 0 aliphatic carbocycles. The topological polar surface area (TPSA) is 96.0 Å². The molecule has 2 aromatic rings. The summed E-state index contributed by atoms with van der Waals surface area (Å²) < 4.78 is 5.04. The fraction of sp³-hybridized carbons (Fsp3) is 0.417. The van der Waals surface area contributed by atoms with Crippen LogP contribution in [0.1, 0.15) is 65.1 Å². The summed E-state index contributed by atoms with van der Waals surface area (Å²) in [6.07, 6.45) is 1.60. The number of fused-ring (bicyclic) bond motifs is 3. The molecule has 1 aromatic carbocycles. The van der Waals surface area contributed by atoms with Gasteiger partial charge < -0.3 is 15.0 Å². The van der Waals surface area contributed by atoms with Gasteiger partial charge in [-0.2, -0.15) is 0 Å². The highest BCUT2D eigenvalue weighted by Crippen LogP contribution is 2.44. The lowest BCUT2D eigenvalue weighted by Gasteiger charge is -2.48. The lowest BCUT2D eigenvalue weighted by atomic mass is 9.98. The van der Waals surface area contributed by atoms with E-state index in [4.69, 9.17) is 4.74 Å². The van der Waals surface area contributed by atoms with Crippen molar-refractivity contribution in [3.8, 4) is 0 Å². The van der Waals surface area contributed by atoms with Crippen molar-refractivity contribution in [1.82, 2.24) is 4.90 Å². The van der Waals surface area contributed by atoms with E-state index in [-0.39, 0.29) is 24.1 Å². The molecule has 2 aliphatic rings. The summed E-state index contributed by atoms with van der Waals surface area (Å²) in [7, 11) is 0. The van der Waals surface area contributed by atoms with Crippen molar-refractivity contribution in [2.24, 2.45) is 0 Å². The Morgan fingerprint density at radius 1 is 1.24 bits per heavy atom. The summed E-state index contributed by atoms with van der Waals surface area (Å²) in [6.45, 7) is 6.11. The molecule has 0 spiro atoms. The number of nitrogens with one attached hydrogen (secondary N) is 1. The molecule has 4 rings (SSSR count). The Labute approximate surface area is 196 Å². The van der Waals surface area contributed by atoms with Crippen LogP contribution in [0.2, 0.25) is 0 Å². The maximum Gasteiger partial charge on any atom is 0.348 e. The van der Waals surface area contributed by atoms with Crippen LogP contribution < -0.4 is 10.2 Å². The fourth-order valence-corrected chi connectivity index (χ4v) is 5.56. The van der Waals surface area contributed by atoms with E-state index in [1.165, 1.54) is 11.3 Å². The number of para-hydroxylation sites is 1. The van der Waals surface area contributed by atoms with Crippen LogP contribution in [-0.2, 0) is 14.3 Å². The van der Waals surface area contributed by atoms with E-state index in [0.717, 1.165) is 5.56 Å². The van der Waals surface area contributed by atoms with Crippen molar-refractivity contribution in [2.75, 3.05) is 23.4 Å². The molecular formula is C24H27N3O5S. The molecule has 1 fully saturated rings. The number of esters is 1. The van der Waals surface area contributed by atoms with E-state index >= 15 is 0 Å². The third kappa shape index (κ3) is 4.13. The van der Waals surface area contributed by atoms with Gasteiger partial charge in [-0.05, 0) is 57.4 Å². The zero-order valence-electron chi connectivity index (χ0n) is 19.0. The summed E-state index contributed by atoms with van der Waals surface area (Å²) in [4.78, 5) is 54.3. The van der Waals surface area contributed by atoms with Crippen molar-refractivity contribution in [3.63, 3.8) is 0 Å². The molecule has 0 radical (unpaired) electrons. The van der Waals surface area contributed by atoms with E-state index in [2.05, 4.69) is 5.32 Å². The molecular weight excluding hydrogens is 442 g/mol. The normalized spacial score (nSPS) is 19.4. The molecule has 8 nitrogen and oxygen atoms in total. The first-order valence-electron chi connectivity index (χ1n) is 11.1. The summed E-state index contributed by atoms with van der Waals surface area (Å²) >= 11 is 1.19. The van der Waals surface area contributed by atoms with Gasteiger partial charge in [-0.3, -0.25) is 19.3 Å². The molecule has 2 aliphatic heterocycles. The molecule has 3 heterocycles. The number of carbonyl (C=O) groups excluding carboxylic acids is 4. The number of hydrogen-bond donors (Lipinski definition) is 1. The summed E-state index contributed by atoms with van der Waals surface area (Å²) in [6, 6.07) is 8.93. The second-order valence-corrected chi connectivity index (χ2v) is 9.47. The lowest BCUT2D eigenvalue weighted by molar-refractivity contribution is -0.118. The molecule has 9 heteroatoms. The highest BCUT2D eigenvalue weighted by Gasteiger charge is 2.52. The summed E-state index contributed by atoms with van der Waals surface area (Å²) in [5, 5.41) is 3.42. The Hall–Kier alpha value is -3.20. The van der Waals surface area contributed by atoms with Crippen LogP contribution in [0.5, 0.6) is 0 Å². The average Bonchev–Trinajstić information content (AvgIpc) is 3.29. The number of thiophene rings is 1. The van der Waals surface area contributed by atoms with E-state index in [0.29, 0.717) is 53.5 Å². The van der Waals surface area contributed by atoms with Gasteiger partial charge in [0.15, 0.2) is 0 Å². The number of hydrogen-bond acceptors (Lipinski definition) is 6. The van der Waals surface area contributed by atoms with Crippen molar-refractivity contribution in [3.05, 3.63) is 46.3 Å². The second kappa shape index (κ2) is 8.97. The minimum absolute atomic E-state index is 0.00524. The molecule has 174 valence electrons. The third-order valence-electron chi connectivity index (χ3n) is 6.17. The maximum atomic E-state index is 13.2. The van der Waals surface area contributed by atoms with Gasteiger partial charge in [-0.25, -0.2) is 4.79 Å². The molecule has 1 atom stereocenters. The zero-order valence-corrected chi connectivity index (χ0v) is 19.8. The molecule has 1 N–H and O–H groups in total. The van der Waals surface area contributed by atoms with E-state index in [1.807, 2.05) is 19.1 Å². The number of ether oxygens (including phenoxy) is 1. The number of anilines is 2. The molecule has 1 unspecified atom stereocenters. The Morgan fingerprint density at radius 2 is 2.00 bits per heavy atom. The average molecular weight is 470 g/mol. The molecule has 33 heavy (non-hydrogen) atoms. The van der Waals surface area contributed by atoms with Crippen molar-refractivity contribution in [1.29, 1.82) is 0 Å². The van der Waals surface area contributed by atoms with Crippen LogP contribution in [0, 0.1) is 6.92 Å². The Balaban J connectivity index is 1.41. The van der Waals surface area contributed by atoms with Gasteiger partial charge in [0, 0.05) is 19.4 Å². The predicted octanol–water partition coefficient (Wildman–Crippen LogP) is 3.95. The lowest BCUT2D eigenvalue weighted by Crippen LogP contribution is -2.62.